The Hall–Kier alpha value is -0.530. The van der Waals surface area contributed by atoms with Crippen LogP contribution in [-0.4, -0.2) is 12.9 Å². The van der Waals surface area contributed by atoms with Gasteiger partial charge in [-0.25, -0.2) is 0 Å². The van der Waals surface area contributed by atoms with E-state index in [9.17, 15) is 13.2 Å². The van der Waals surface area contributed by atoms with E-state index in [1.54, 1.807) is 12.1 Å². The van der Waals surface area contributed by atoms with E-state index >= 15 is 0 Å². The number of ether oxygens (including phenoxy) is 1. The first kappa shape index (κ1) is 15.5. The number of nitrogens with one attached hydrogen (secondary N) is 1. The van der Waals surface area contributed by atoms with E-state index in [0.29, 0.717) is 13.1 Å². The molecule has 0 saturated heterocycles. The van der Waals surface area contributed by atoms with Crippen LogP contribution in [0.3, 0.4) is 0 Å². The van der Waals surface area contributed by atoms with Crippen molar-refractivity contribution in [1.82, 2.24) is 5.32 Å². The first-order valence-corrected chi connectivity index (χ1v) is 6.44. The average molecular weight is 389 g/mol. The number of rotatable bonds is 5. The summed E-state index contributed by atoms with van der Waals surface area (Å²) < 4.78 is 41.0. The summed E-state index contributed by atoms with van der Waals surface area (Å²) in [5.41, 5.74) is 0.838. The van der Waals surface area contributed by atoms with Gasteiger partial charge in [0.15, 0.2) is 0 Å². The molecule has 0 aliphatic rings. The summed E-state index contributed by atoms with van der Waals surface area (Å²) in [4.78, 5) is 0. The second-order valence-electron chi connectivity index (χ2n) is 3.43. The summed E-state index contributed by atoms with van der Waals surface area (Å²) in [6.45, 7) is 4.76. The molecule has 0 aromatic heterocycles. The molecule has 0 aliphatic carbocycles. The Morgan fingerprint density at radius 2 is 2.06 bits per heavy atom. The lowest BCUT2D eigenvalue weighted by Gasteiger charge is -2.11. The average Bonchev–Trinajstić information content (AvgIpc) is 2.19. The second-order valence-corrected chi connectivity index (χ2v) is 5.41. The molecular weight excluding hydrogens is 379 g/mol. The van der Waals surface area contributed by atoms with Gasteiger partial charge in [0.1, 0.15) is 5.75 Å². The van der Waals surface area contributed by atoms with Gasteiger partial charge in [-0.2, -0.15) is 0 Å². The predicted octanol–water partition coefficient (Wildman–Crippen LogP) is 4.35. The zero-order chi connectivity index (χ0) is 13.8. The van der Waals surface area contributed by atoms with Gasteiger partial charge in [-0.1, -0.05) is 28.6 Å². The second kappa shape index (κ2) is 6.58. The lowest BCUT2D eigenvalue weighted by Crippen LogP contribution is -2.18. The molecule has 18 heavy (non-hydrogen) atoms. The van der Waals surface area contributed by atoms with Crippen LogP contribution in [0.25, 0.3) is 0 Å². The van der Waals surface area contributed by atoms with Crippen LogP contribution in [0, 0.1) is 0 Å². The van der Waals surface area contributed by atoms with E-state index in [4.69, 9.17) is 0 Å². The summed E-state index contributed by atoms with van der Waals surface area (Å²) in [5.74, 6) is -0.254. The van der Waals surface area contributed by atoms with Gasteiger partial charge in [-0.05, 0) is 33.6 Å². The summed E-state index contributed by atoms with van der Waals surface area (Å²) in [5, 5.41) is 3.07. The minimum absolute atomic E-state index is 0.254. The van der Waals surface area contributed by atoms with E-state index in [0.717, 1.165) is 10.0 Å². The third-order valence-corrected chi connectivity index (χ3v) is 2.77. The maximum absolute atomic E-state index is 12.0. The molecule has 2 nitrogen and oxygen atoms in total. The fourth-order valence-electron chi connectivity index (χ4n) is 1.20. The van der Waals surface area contributed by atoms with E-state index < -0.39 is 6.36 Å². The molecule has 7 heteroatoms. The maximum Gasteiger partial charge on any atom is 0.573 e. The smallest absolute Gasteiger partial charge is 0.405 e. The fourth-order valence-corrected chi connectivity index (χ4v) is 1.91. The van der Waals surface area contributed by atoms with Crippen LogP contribution < -0.4 is 10.1 Å². The van der Waals surface area contributed by atoms with Gasteiger partial charge < -0.3 is 10.1 Å². The van der Waals surface area contributed by atoms with Gasteiger partial charge in [-0.3, -0.25) is 0 Å². The predicted molar refractivity (Wildman–Crippen MR) is 70.6 cm³/mol. The monoisotopic (exact) mass is 387 g/mol. The van der Waals surface area contributed by atoms with Crippen LogP contribution in [-0.2, 0) is 6.54 Å². The Morgan fingerprint density at radius 3 is 2.56 bits per heavy atom. The van der Waals surface area contributed by atoms with Crippen molar-refractivity contribution in [3.05, 3.63) is 39.3 Å². The van der Waals surface area contributed by atoms with Crippen LogP contribution in [0.4, 0.5) is 13.2 Å². The molecule has 0 bridgehead atoms. The summed E-state index contributed by atoms with van der Waals surface area (Å²) in [6, 6.07) is 4.42. The Morgan fingerprint density at radius 1 is 1.39 bits per heavy atom. The van der Waals surface area contributed by atoms with Gasteiger partial charge in [0.2, 0.25) is 0 Å². The number of hydrogen-bond acceptors (Lipinski definition) is 2. The normalized spacial score (nSPS) is 11.4. The van der Waals surface area contributed by atoms with Crippen molar-refractivity contribution in [2.45, 2.75) is 12.9 Å². The van der Waals surface area contributed by atoms with Crippen molar-refractivity contribution in [1.29, 1.82) is 0 Å². The molecule has 0 heterocycles. The molecule has 0 unspecified atom stereocenters. The first-order chi connectivity index (χ1) is 8.28. The van der Waals surface area contributed by atoms with Gasteiger partial charge >= 0.3 is 6.36 Å². The highest BCUT2D eigenvalue weighted by molar-refractivity contribution is 9.11. The van der Waals surface area contributed by atoms with Gasteiger partial charge in [0, 0.05) is 17.6 Å². The highest BCUT2D eigenvalue weighted by Gasteiger charge is 2.31. The highest BCUT2D eigenvalue weighted by atomic mass is 79.9. The fraction of sp³-hybridized carbons (Fsp3) is 0.273. The molecule has 0 fully saturated rings. The van der Waals surface area contributed by atoms with Gasteiger partial charge in [0.25, 0.3) is 0 Å². The lowest BCUT2D eigenvalue weighted by atomic mass is 10.2. The third kappa shape index (κ3) is 5.88. The summed E-state index contributed by atoms with van der Waals surface area (Å²) >= 11 is 6.24. The third-order valence-electron chi connectivity index (χ3n) is 1.87. The Balaban J connectivity index is 2.64. The minimum atomic E-state index is -4.68. The lowest BCUT2D eigenvalue weighted by molar-refractivity contribution is -0.274. The largest absolute Gasteiger partial charge is 0.573 e. The zero-order valence-electron chi connectivity index (χ0n) is 9.15. The van der Waals surface area contributed by atoms with Crippen molar-refractivity contribution in [3.8, 4) is 5.75 Å². The Labute approximate surface area is 119 Å². The van der Waals surface area contributed by atoms with Crippen LogP contribution >= 0.6 is 31.9 Å². The quantitative estimate of drug-likeness (QED) is 0.809. The SMILES string of the molecule is C=C(Br)CNCc1ccc(OC(F)(F)F)c(Br)c1. The topological polar surface area (TPSA) is 21.3 Å². The number of halogens is 5. The summed E-state index contributed by atoms with van der Waals surface area (Å²) in [6.07, 6.45) is -4.68. The van der Waals surface area contributed by atoms with Gasteiger partial charge in [-0.15, -0.1) is 13.2 Å². The zero-order valence-corrected chi connectivity index (χ0v) is 12.3. The first-order valence-electron chi connectivity index (χ1n) is 4.86. The molecule has 0 radical (unpaired) electrons. The van der Waals surface area contributed by atoms with Gasteiger partial charge in [0.05, 0.1) is 4.47 Å². The molecule has 1 rings (SSSR count). The molecule has 0 saturated carbocycles. The van der Waals surface area contributed by atoms with E-state index in [-0.39, 0.29) is 10.2 Å². The van der Waals surface area contributed by atoms with Crippen molar-refractivity contribution < 1.29 is 17.9 Å². The molecule has 0 spiro atoms. The molecule has 1 N–H and O–H groups in total. The van der Waals surface area contributed by atoms with Crippen molar-refractivity contribution >= 4 is 31.9 Å². The molecule has 100 valence electrons. The molecule has 1 aromatic rings. The number of hydrogen-bond donors (Lipinski definition) is 1. The molecule has 0 amide bonds. The molecule has 1 aromatic carbocycles. The van der Waals surface area contributed by atoms with Crippen LogP contribution in [0.15, 0.2) is 33.7 Å². The molecular formula is C11H10Br2F3NO. The molecule has 0 aliphatic heterocycles. The van der Waals surface area contributed by atoms with Crippen LogP contribution in [0.1, 0.15) is 5.56 Å². The van der Waals surface area contributed by atoms with Crippen LogP contribution in [0.5, 0.6) is 5.75 Å². The standard InChI is InChI=1S/C11H10Br2F3NO/c1-7(12)5-17-6-8-2-3-10(9(13)4-8)18-11(14,15)16/h2-4,17H,1,5-6H2. The van der Waals surface area contributed by atoms with Crippen molar-refractivity contribution in [3.63, 3.8) is 0 Å². The van der Waals surface area contributed by atoms with Crippen LogP contribution in [0.2, 0.25) is 0 Å². The maximum atomic E-state index is 12.0. The Kier molecular flexibility index (Phi) is 5.68. The number of alkyl halides is 3. The highest BCUT2D eigenvalue weighted by Crippen LogP contribution is 2.30. The van der Waals surface area contributed by atoms with E-state index in [1.165, 1.54) is 6.07 Å². The Bertz CT molecular complexity index is 435. The number of benzene rings is 1. The summed E-state index contributed by atoms with van der Waals surface area (Å²) in [7, 11) is 0. The van der Waals surface area contributed by atoms with Crippen molar-refractivity contribution in [2.75, 3.05) is 6.54 Å². The van der Waals surface area contributed by atoms with E-state index in [1.807, 2.05) is 0 Å². The minimum Gasteiger partial charge on any atom is -0.405 e. The molecule has 0 atom stereocenters. The van der Waals surface area contributed by atoms with E-state index in [2.05, 4.69) is 48.5 Å². The van der Waals surface area contributed by atoms with Crippen molar-refractivity contribution in [2.24, 2.45) is 0 Å².